The molecule has 1 rings (SSSR count). The van der Waals surface area contributed by atoms with Gasteiger partial charge in [0.05, 0.1) is 7.11 Å². The topological polar surface area (TPSA) is 81.9 Å². The lowest BCUT2D eigenvalue weighted by molar-refractivity contribution is -0.141. The minimum Gasteiger partial charge on any atom is -0.469 e. The van der Waals surface area contributed by atoms with Gasteiger partial charge in [-0.25, -0.2) is 4.79 Å². The molecule has 0 aromatic heterocycles. The van der Waals surface area contributed by atoms with Crippen LogP contribution in [-0.4, -0.2) is 48.8 Å². The maximum Gasteiger partial charge on any atom is 0.410 e. The lowest BCUT2D eigenvalue weighted by atomic mass is 9.92. The average Bonchev–Trinajstić information content (AvgIpc) is 2.50. The predicted molar refractivity (Wildman–Crippen MR) is 75.1 cm³/mol. The molecule has 1 heterocycles. The number of esters is 1. The number of carbonyl (C=O) groups is 2. The van der Waals surface area contributed by atoms with Crippen LogP contribution in [0.1, 0.15) is 40.0 Å². The summed E-state index contributed by atoms with van der Waals surface area (Å²) in [6, 6.07) is -0.0958. The fourth-order valence-electron chi connectivity index (χ4n) is 2.25. The molecule has 1 aliphatic heterocycles. The summed E-state index contributed by atoms with van der Waals surface area (Å²) < 4.78 is 10.0. The summed E-state index contributed by atoms with van der Waals surface area (Å²) in [7, 11) is 1.37. The Morgan fingerprint density at radius 1 is 1.25 bits per heavy atom. The molecule has 0 bridgehead atoms. The molecule has 2 N–H and O–H groups in total. The number of likely N-dealkylation sites (tertiary alicyclic amines) is 1. The highest BCUT2D eigenvalue weighted by Gasteiger charge is 2.29. The second kappa shape index (κ2) is 6.92. The normalized spacial score (nSPS) is 23.9. The third-order valence-electron chi connectivity index (χ3n) is 3.42. The molecule has 1 aliphatic rings. The number of methoxy groups -OCH3 is 1. The maximum absolute atomic E-state index is 12.0. The zero-order chi connectivity index (χ0) is 15.3. The number of hydrogen-bond acceptors (Lipinski definition) is 5. The van der Waals surface area contributed by atoms with Gasteiger partial charge in [0, 0.05) is 25.6 Å². The van der Waals surface area contributed by atoms with Gasteiger partial charge in [-0.2, -0.15) is 0 Å². The van der Waals surface area contributed by atoms with Gasteiger partial charge in [0.25, 0.3) is 0 Å². The van der Waals surface area contributed by atoms with E-state index in [0.29, 0.717) is 32.4 Å². The molecule has 1 saturated heterocycles. The lowest BCUT2D eigenvalue weighted by Gasteiger charge is -2.26. The molecule has 0 unspecified atom stereocenters. The first-order chi connectivity index (χ1) is 9.23. The molecular formula is C14H26N2O4. The van der Waals surface area contributed by atoms with Crippen LogP contribution in [0, 0.1) is 5.92 Å². The van der Waals surface area contributed by atoms with Crippen LogP contribution in [0.2, 0.25) is 0 Å². The van der Waals surface area contributed by atoms with Gasteiger partial charge >= 0.3 is 12.1 Å². The van der Waals surface area contributed by atoms with Crippen molar-refractivity contribution in [2.24, 2.45) is 11.7 Å². The lowest BCUT2D eigenvalue weighted by Crippen LogP contribution is -2.37. The van der Waals surface area contributed by atoms with E-state index in [-0.39, 0.29) is 24.0 Å². The Hall–Kier alpha value is -1.30. The van der Waals surface area contributed by atoms with Crippen LogP contribution in [0.25, 0.3) is 0 Å². The minimum absolute atomic E-state index is 0.0508. The second-order valence-corrected chi connectivity index (χ2v) is 6.25. The van der Waals surface area contributed by atoms with E-state index >= 15 is 0 Å². The Morgan fingerprint density at radius 2 is 1.85 bits per heavy atom. The van der Waals surface area contributed by atoms with Gasteiger partial charge < -0.3 is 20.1 Å². The summed E-state index contributed by atoms with van der Waals surface area (Å²) >= 11 is 0. The molecule has 0 radical (unpaired) electrons. The fraction of sp³-hybridized carbons (Fsp3) is 0.857. The molecule has 20 heavy (non-hydrogen) atoms. The van der Waals surface area contributed by atoms with Crippen LogP contribution >= 0.6 is 0 Å². The van der Waals surface area contributed by atoms with E-state index in [1.165, 1.54) is 7.11 Å². The number of rotatable bonds is 2. The molecule has 0 aliphatic carbocycles. The van der Waals surface area contributed by atoms with Crippen molar-refractivity contribution in [1.82, 2.24) is 4.90 Å². The van der Waals surface area contributed by atoms with Crippen molar-refractivity contribution >= 4 is 12.1 Å². The van der Waals surface area contributed by atoms with Crippen LogP contribution in [0.15, 0.2) is 0 Å². The largest absolute Gasteiger partial charge is 0.469 e. The molecule has 116 valence electrons. The Kier molecular flexibility index (Phi) is 5.80. The molecule has 2 atom stereocenters. The molecule has 1 amide bonds. The van der Waals surface area contributed by atoms with Gasteiger partial charge in [0.2, 0.25) is 0 Å². The highest BCUT2D eigenvalue weighted by atomic mass is 16.6. The van der Waals surface area contributed by atoms with Crippen molar-refractivity contribution in [3.63, 3.8) is 0 Å². The molecule has 1 fully saturated rings. The summed E-state index contributed by atoms with van der Waals surface area (Å²) in [6.07, 6.45) is 1.35. The van der Waals surface area contributed by atoms with Crippen molar-refractivity contribution in [2.45, 2.75) is 51.7 Å². The standard InChI is InChI=1S/C14H26N2O4/c1-14(2,3)20-13(18)16-7-5-10(9-12(17)19-4)11(15)6-8-16/h10-11H,5-9,15H2,1-4H3/t10-,11+/m1/s1. The third-order valence-corrected chi connectivity index (χ3v) is 3.42. The van der Waals surface area contributed by atoms with E-state index in [4.69, 9.17) is 10.5 Å². The summed E-state index contributed by atoms with van der Waals surface area (Å²) in [6.45, 7) is 6.65. The van der Waals surface area contributed by atoms with E-state index in [9.17, 15) is 9.59 Å². The first-order valence-corrected chi connectivity index (χ1v) is 7.03. The number of ether oxygens (including phenoxy) is 2. The number of hydrogen-bond donors (Lipinski definition) is 1. The van der Waals surface area contributed by atoms with Crippen LogP contribution in [0.5, 0.6) is 0 Å². The number of carbonyl (C=O) groups excluding carboxylic acids is 2. The fourth-order valence-corrected chi connectivity index (χ4v) is 2.25. The SMILES string of the molecule is COC(=O)C[C@H]1CCN(C(=O)OC(C)(C)C)CC[C@@H]1N. The smallest absolute Gasteiger partial charge is 0.410 e. The van der Waals surface area contributed by atoms with Gasteiger partial charge in [-0.15, -0.1) is 0 Å². The number of nitrogens with two attached hydrogens (primary N) is 1. The molecule has 6 heteroatoms. The van der Waals surface area contributed by atoms with E-state index < -0.39 is 5.60 Å². The summed E-state index contributed by atoms with van der Waals surface area (Å²) in [5, 5.41) is 0. The van der Waals surface area contributed by atoms with Gasteiger partial charge in [-0.05, 0) is 39.5 Å². The highest BCUT2D eigenvalue weighted by molar-refractivity contribution is 5.70. The molecule has 0 aromatic rings. The Balaban J connectivity index is 2.57. The van der Waals surface area contributed by atoms with Gasteiger partial charge in [-0.1, -0.05) is 0 Å². The molecule has 6 nitrogen and oxygen atoms in total. The van der Waals surface area contributed by atoms with E-state index in [0.717, 1.165) is 0 Å². The first-order valence-electron chi connectivity index (χ1n) is 7.03. The van der Waals surface area contributed by atoms with Crippen molar-refractivity contribution in [1.29, 1.82) is 0 Å². The van der Waals surface area contributed by atoms with Gasteiger partial charge in [-0.3, -0.25) is 4.79 Å². The summed E-state index contributed by atoms with van der Waals surface area (Å²) in [5.41, 5.74) is 5.58. The van der Waals surface area contributed by atoms with Gasteiger partial charge in [0.15, 0.2) is 0 Å². The zero-order valence-corrected chi connectivity index (χ0v) is 12.8. The van der Waals surface area contributed by atoms with Crippen LogP contribution in [-0.2, 0) is 14.3 Å². The van der Waals surface area contributed by atoms with Crippen LogP contribution < -0.4 is 5.73 Å². The number of nitrogens with zero attached hydrogens (tertiary/aromatic N) is 1. The van der Waals surface area contributed by atoms with Gasteiger partial charge in [0.1, 0.15) is 5.60 Å². The van der Waals surface area contributed by atoms with E-state index in [1.54, 1.807) is 4.90 Å². The second-order valence-electron chi connectivity index (χ2n) is 6.25. The Bertz CT molecular complexity index is 352. The van der Waals surface area contributed by atoms with Crippen LogP contribution in [0.4, 0.5) is 4.79 Å². The molecule has 0 saturated carbocycles. The summed E-state index contributed by atoms with van der Waals surface area (Å²) in [4.78, 5) is 25.1. The minimum atomic E-state index is -0.503. The maximum atomic E-state index is 12.0. The Morgan fingerprint density at radius 3 is 2.40 bits per heavy atom. The Labute approximate surface area is 120 Å². The van der Waals surface area contributed by atoms with Crippen molar-refractivity contribution in [3.05, 3.63) is 0 Å². The van der Waals surface area contributed by atoms with E-state index in [2.05, 4.69) is 4.74 Å². The summed E-state index contributed by atoms with van der Waals surface area (Å²) in [5.74, 6) is -0.203. The van der Waals surface area contributed by atoms with Crippen LogP contribution in [0.3, 0.4) is 0 Å². The first kappa shape index (κ1) is 16.8. The monoisotopic (exact) mass is 286 g/mol. The number of amides is 1. The van der Waals surface area contributed by atoms with Crippen molar-refractivity contribution in [3.8, 4) is 0 Å². The molecule has 0 aromatic carbocycles. The van der Waals surface area contributed by atoms with E-state index in [1.807, 2.05) is 20.8 Å². The molecule has 0 spiro atoms. The average molecular weight is 286 g/mol. The zero-order valence-electron chi connectivity index (χ0n) is 12.8. The predicted octanol–water partition coefficient (Wildman–Crippen LogP) is 1.52. The third kappa shape index (κ3) is 5.36. The highest BCUT2D eigenvalue weighted by Crippen LogP contribution is 2.22. The van der Waals surface area contributed by atoms with Crippen molar-refractivity contribution in [2.75, 3.05) is 20.2 Å². The quantitative estimate of drug-likeness (QED) is 0.778. The molecular weight excluding hydrogens is 260 g/mol. The van der Waals surface area contributed by atoms with Crippen molar-refractivity contribution < 1.29 is 19.1 Å².